The second kappa shape index (κ2) is 8.79. The number of aryl methyl sites for hydroxylation is 1. The summed E-state index contributed by atoms with van der Waals surface area (Å²) in [5.41, 5.74) is 1.93. The molecule has 1 saturated heterocycles. The summed E-state index contributed by atoms with van der Waals surface area (Å²) in [7, 11) is 0. The number of ether oxygens (including phenoxy) is 2. The van der Waals surface area contributed by atoms with Crippen molar-refractivity contribution in [3.8, 4) is 5.69 Å². The molecule has 1 unspecified atom stereocenters. The Balaban J connectivity index is 1.59. The van der Waals surface area contributed by atoms with Crippen molar-refractivity contribution in [3.63, 3.8) is 0 Å². The molecule has 1 atom stereocenters. The number of benzene rings is 1. The molecule has 0 radical (unpaired) electrons. The quantitative estimate of drug-likeness (QED) is 0.441. The molecule has 0 spiro atoms. The van der Waals surface area contributed by atoms with E-state index in [2.05, 4.69) is 10.4 Å². The highest BCUT2D eigenvalue weighted by atomic mass is 16.5. The lowest BCUT2D eigenvalue weighted by molar-refractivity contribution is -0.144. The number of ketones is 1. The predicted octanol–water partition coefficient (Wildman–Crippen LogP) is 1.51. The highest BCUT2D eigenvalue weighted by Gasteiger charge is 2.27. The third kappa shape index (κ3) is 4.45. The third-order valence-corrected chi connectivity index (χ3v) is 4.59. The molecule has 2 heterocycles. The highest BCUT2D eigenvalue weighted by Crippen LogP contribution is 2.18. The number of hydrogen-bond donors (Lipinski definition) is 1. The number of esters is 1. The molecule has 0 aliphatic carbocycles. The molecule has 28 heavy (non-hydrogen) atoms. The highest BCUT2D eigenvalue weighted by molar-refractivity contribution is 6.41. The minimum Gasteiger partial charge on any atom is -0.450 e. The van der Waals surface area contributed by atoms with Gasteiger partial charge in [0.05, 0.1) is 28.7 Å². The van der Waals surface area contributed by atoms with Crippen molar-refractivity contribution >= 4 is 17.7 Å². The standard InChI is InChI=1S/C20H23N3O5/c1-13-18(14(2)23(22-13)15-7-4-3-5-8-15)19(25)20(26)28-12-17(24)21-11-16-9-6-10-27-16/h3-5,7-8,16H,6,9-12H2,1-2H3,(H,21,24). The Labute approximate surface area is 162 Å². The van der Waals surface area contributed by atoms with Crippen LogP contribution >= 0.6 is 0 Å². The van der Waals surface area contributed by atoms with Gasteiger partial charge < -0.3 is 14.8 Å². The first kappa shape index (κ1) is 19.8. The molecule has 0 bridgehead atoms. The molecule has 8 heteroatoms. The van der Waals surface area contributed by atoms with Crippen molar-refractivity contribution < 1.29 is 23.9 Å². The van der Waals surface area contributed by atoms with Gasteiger partial charge in [-0.05, 0) is 38.8 Å². The molecule has 1 fully saturated rings. The number of nitrogens with zero attached hydrogens (tertiary/aromatic N) is 2. The fourth-order valence-corrected chi connectivity index (χ4v) is 3.17. The zero-order valence-electron chi connectivity index (χ0n) is 15.9. The second-order valence-corrected chi connectivity index (χ2v) is 6.64. The Morgan fingerprint density at radius 3 is 2.68 bits per heavy atom. The Bertz CT molecular complexity index is 869. The van der Waals surface area contributed by atoms with Crippen molar-refractivity contribution in [3.05, 3.63) is 47.3 Å². The van der Waals surface area contributed by atoms with E-state index in [1.807, 2.05) is 30.3 Å². The summed E-state index contributed by atoms with van der Waals surface area (Å²) >= 11 is 0. The zero-order valence-corrected chi connectivity index (χ0v) is 15.9. The first-order chi connectivity index (χ1) is 13.5. The molecular formula is C20H23N3O5. The molecule has 3 rings (SSSR count). The van der Waals surface area contributed by atoms with E-state index < -0.39 is 24.3 Å². The molecule has 2 aromatic rings. The van der Waals surface area contributed by atoms with Gasteiger partial charge in [0.15, 0.2) is 6.61 Å². The van der Waals surface area contributed by atoms with Crippen LogP contribution in [-0.4, -0.2) is 53.3 Å². The second-order valence-electron chi connectivity index (χ2n) is 6.64. The van der Waals surface area contributed by atoms with Crippen molar-refractivity contribution in [1.82, 2.24) is 15.1 Å². The van der Waals surface area contributed by atoms with Gasteiger partial charge in [0.1, 0.15) is 0 Å². The predicted molar refractivity (Wildman–Crippen MR) is 100 cm³/mol. The summed E-state index contributed by atoms with van der Waals surface area (Å²) in [6, 6.07) is 9.30. The lowest BCUT2D eigenvalue weighted by Gasteiger charge is -2.10. The van der Waals surface area contributed by atoms with E-state index in [9.17, 15) is 14.4 Å². The minimum absolute atomic E-state index is 0.00425. The maximum atomic E-state index is 12.5. The van der Waals surface area contributed by atoms with Crippen LogP contribution in [0.2, 0.25) is 0 Å². The van der Waals surface area contributed by atoms with Crippen LogP contribution in [0.3, 0.4) is 0 Å². The SMILES string of the molecule is Cc1nn(-c2ccccc2)c(C)c1C(=O)C(=O)OCC(=O)NCC1CCCO1. The molecule has 1 amide bonds. The first-order valence-corrected chi connectivity index (χ1v) is 9.18. The summed E-state index contributed by atoms with van der Waals surface area (Å²) in [6.45, 7) is 3.91. The van der Waals surface area contributed by atoms with Crippen LogP contribution in [-0.2, 0) is 19.1 Å². The Kier molecular flexibility index (Phi) is 6.20. The normalized spacial score (nSPS) is 16.0. The van der Waals surface area contributed by atoms with Crippen molar-refractivity contribution in [2.24, 2.45) is 0 Å². The van der Waals surface area contributed by atoms with Gasteiger partial charge in [-0.3, -0.25) is 9.59 Å². The Morgan fingerprint density at radius 1 is 1.25 bits per heavy atom. The number of hydrogen-bond acceptors (Lipinski definition) is 6. The smallest absolute Gasteiger partial charge is 0.380 e. The van der Waals surface area contributed by atoms with Gasteiger partial charge in [-0.2, -0.15) is 5.10 Å². The Hall–Kier alpha value is -3.00. The van der Waals surface area contributed by atoms with Crippen molar-refractivity contribution in [2.45, 2.75) is 32.8 Å². The lowest BCUT2D eigenvalue weighted by atomic mass is 10.1. The summed E-state index contributed by atoms with van der Waals surface area (Å²) in [5, 5.41) is 6.99. The van der Waals surface area contributed by atoms with Crippen LogP contribution in [0.25, 0.3) is 5.69 Å². The van der Waals surface area contributed by atoms with Crippen LogP contribution in [0.1, 0.15) is 34.6 Å². The van der Waals surface area contributed by atoms with E-state index in [1.54, 1.807) is 18.5 Å². The molecule has 1 aliphatic heterocycles. The number of carbonyl (C=O) groups excluding carboxylic acids is 3. The number of para-hydroxylation sites is 1. The molecule has 1 aromatic carbocycles. The van der Waals surface area contributed by atoms with E-state index in [-0.39, 0.29) is 11.7 Å². The van der Waals surface area contributed by atoms with E-state index in [1.165, 1.54) is 0 Å². The maximum Gasteiger partial charge on any atom is 0.380 e. The fourth-order valence-electron chi connectivity index (χ4n) is 3.17. The number of aromatic nitrogens is 2. The number of nitrogens with one attached hydrogen (secondary N) is 1. The van der Waals surface area contributed by atoms with Crippen LogP contribution in [0.4, 0.5) is 0 Å². The molecule has 1 aliphatic rings. The van der Waals surface area contributed by atoms with Gasteiger partial charge >= 0.3 is 5.97 Å². The van der Waals surface area contributed by atoms with Gasteiger partial charge in [-0.25, -0.2) is 9.48 Å². The number of Topliss-reactive ketones (excluding diaryl/α,β-unsaturated/α-hetero) is 1. The van der Waals surface area contributed by atoms with Crippen LogP contribution in [0.5, 0.6) is 0 Å². The van der Waals surface area contributed by atoms with Gasteiger partial charge in [-0.15, -0.1) is 0 Å². The van der Waals surface area contributed by atoms with E-state index in [4.69, 9.17) is 9.47 Å². The number of rotatable bonds is 7. The summed E-state index contributed by atoms with van der Waals surface area (Å²) in [6.07, 6.45) is 1.86. The zero-order chi connectivity index (χ0) is 20.1. The molecule has 0 saturated carbocycles. The summed E-state index contributed by atoms with van der Waals surface area (Å²) in [5.74, 6) is -2.36. The number of amides is 1. The van der Waals surface area contributed by atoms with Gasteiger partial charge in [0.2, 0.25) is 0 Å². The largest absolute Gasteiger partial charge is 0.450 e. The molecule has 1 aromatic heterocycles. The van der Waals surface area contributed by atoms with Crippen molar-refractivity contribution in [2.75, 3.05) is 19.8 Å². The molecule has 148 valence electrons. The Morgan fingerprint density at radius 2 is 2.00 bits per heavy atom. The topological polar surface area (TPSA) is 99.5 Å². The maximum absolute atomic E-state index is 12.5. The summed E-state index contributed by atoms with van der Waals surface area (Å²) < 4.78 is 11.9. The molecule has 1 N–H and O–H groups in total. The average molecular weight is 385 g/mol. The third-order valence-electron chi connectivity index (χ3n) is 4.59. The van der Waals surface area contributed by atoms with Crippen LogP contribution in [0, 0.1) is 13.8 Å². The van der Waals surface area contributed by atoms with E-state index in [0.717, 1.165) is 18.5 Å². The monoisotopic (exact) mass is 385 g/mol. The van der Waals surface area contributed by atoms with Gasteiger partial charge in [0.25, 0.3) is 11.7 Å². The van der Waals surface area contributed by atoms with E-state index in [0.29, 0.717) is 24.5 Å². The first-order valence-electron chi connectivity index (χ1n) is 9.18. The molecular weight excluding hydrogens is 362 g/mol. The van der Waals surface area contributed by atoms with Gasteiger partial charge in [0, 0.05) is 13.2 Å². The van der Waals surface area contributed by atoms with E-state index >= 15 is 0 Å². The van der Waals surface area contributed by atoms with Crippen molar-refractivity contribution in [1.29, 1.82) is 0 Å². The number of carbonyl (C=O) groups is 3. The summed E-state index contributed by atoms with van der Waals surface area (Å²) in [4.78, 5) is 36.5. The lowest BCUT2D eigenvalue weighted by Crippen LogP contribution is -2.35. The van der Waals surface area contributed by atoms with Gasteiger partial charge in [-0.1, -0.05) is 18.2 Å². The average Bonchev–Trinajstić information content (AvgIpc) is 3.32. The van der Waals surface area contributed by atoms with Crippen LogP contribution in [0.15, 0.2) is 30.3 Å². The minimum atomic E-state index is -1.08. The fraction of sp³-hybridized carbons (Fsp3) is 0.400. The molecule has 8 nitrogen and oxygen atoms in total. The van der Waals surface area contributed by atoms with Crippen LogP contribution < -0.4 is 5.32 Å².